The molecule has 1 atom stereocenters. The van der Waals surface area contributed by atoms with Crippen molar-refractivity contribution in [1.29, 1.82) is 0 Å². The Labute approximate surface area is 128 Å². The van der Waals surface area contributed by atoms with E-state index < -0.39 is 0 Å². The highest BCUT2D eigenvalue weighted by molar-refractivity contribution is 5.78. The molecule has 1 saturated heterocycles. The van der Waals surface area contributed by atoms with Crippen LogP contribution in [0.3, 0.4) is 0 Å². The van der Waals surface area contributed by atoms with Gasteiger partial charge in [0.15, 0.2) is 0 Å². The van der Waals surface area contributed by atoms with E-state index in [1.54, 1.807) is 18.2 Å². The average molecular weight is 301 g/mol. The molecule has 1 aliphatic heterocycles. The van der Waals surface area contributed by atoms with Gasteiger partial charge in [0.2, 0.25) is 5.91 Å². The maximum atomic E-state index is 12.3. The molecule has 0 aliphatic carbocycles. The SMILES string of the molecule is O=C(Cn1cnc2ccccc2c1=O)NCC[C@H]1CCCO1. The van der Waals surface area contributed by atoms with Crippen molar-refractivity contribution in [2.45, 2.75) is 31.9 Å². The summed E-state index contributed by atoms with van der Waals surface area (Å²) in [6.07, 6.45) is 4.65. The fourth-order valence-electron chi connectivity index (χ4n) is 2.67. The van der Waals surface area contributed by atoms with Crippen LogP contribution in [-0.4, -0.2) is 34.7 Å². The summed E-state index contributed by atoms with van der Waals surface area (Å²) in [5.41, 5.74) is 0.447. The summed E-state index contributed by atoms with van der Waals surface area (Å²) in [5.74, 6) is -0.183. The van der Waals surface area contributed by atoms with Crippen LogP contribution in [0.5, 0.6) is 0 Å². The molecule has 0 bridgehead atoms. The summed E-state index contributed by atoms with van der Waals surface area (Å²) in [6, 6.07) is 7.12. The van der Waals surface area contributed by atoms with Crippen LogP contribution in [0.15, 0.2) is 35.4 Å². The molecule has 6 nitrogen and oxygen atoms in total. The monoisotopic (exact) mass is 301 g/mol. The topological polar surface area (TPSA) is 73.2 Å². The van der Waals surface area contributed by atoms with Crippen LogP contribution in [0.25, 0.3) is 10.9 Å². The lowest BCUT2D eigenvalue weighted by Crippen LogP contribution is -2.33. The largest absolute Gasteiger partial charge is 0.378 e. The highest BCUT2D eigenvalue weighted by Crippen LogP contribution is 2.14. The first kappa shape index (κ1) is 14.7. The van der Waals surface area contributed by atoms with Crippen molar-refractivity contribution >= 4 is 16.8 Å². The van der Waals surface area contributed by atoms with Gasteiger partial charge >= 0.3 is 0 Å². The number of aromatic nitrogens is 2. The molecule has 1 amide bonds. The summed E-state index contributed by atoms with van der Waals surface area (Å²) >= 11 is 0. The Hall–Kier alpha value is -2.21. The van der Waals surface area contributed by atoms with Gasteiger partial charge in [-0.25, -0.2) is 4.98 Å². The molecule has 2 heterocycles. The Balaban J connectivity index is 1.59. The van der Waals surface area contributed by atoms with E-state index in [4.69, 9.17) is 4.74 Å². The van der Waals surface area contributed by atoms with Gasteiger partial charge in [0.1, 0.15) is 6.54 Å². The van der Waals surface area contributed by atoms with Crippen LogP contribution >= 0.6 is 0 Å². The third kappa shape index (κ3) is 3.33. The third-order valence-corrected chi connectivity index (χ3v) is 3.86. The van der Waals surface area contributed by atoms with Crippen molar-refractivity contribution < 1.29 is 9.53 Å². The maximum Gasteiger partial charge on any atom is 0.261 e. The van der Waals surface area contributed by atoms with Gasteiger partial charge in [-0.05, 0) is 31.4 Å². The molecule has 116 valence electrons. The molecule has 1 aromatic carbocycles. The number of nitrogens with zero attached hydrogens (tertiary/aromatic N) is 2. The quantitative estimate of drug-likeness (QED) is 0.897. The molecule has 3 rings (SSSR count). The predicted octanol–water partition coefficient (Wildman–Crippen LogP) is 1.08. The number of benzene rings is 1. The van der Waals surface area contributed by atoms with E-state index in [0.717, 1.165) is 25.9 Å². The lowest BCUT2D eigenvalue weighted by Gasteiger charge is -2.11. The molecule has 1 fully saturated rings. The van der Waals surface area contributed by atoms with Crippen LogP contribution in [0.2, 0.25) is 0 Å². The summed E-state index contributed by atoms with van der Waals surface area (Å²) in [7, 11) is 0. The molecular weight excluding hydrogens is 282 g/mol. The second kappa shape index (κ2) is 6.70. The molecule has 1 aliphatic rings. The second-order valence-corrected chi connectivity index (χ2v) is 5.47. The van der Waals surface area contributed by atoms with Crippen molar-refractivity contribution in [1.82, 2.24) is 14.9 Å². The van der Waals surface area contributed by atoms with Gasteiger partial charge in [0, 0.05) is 13.2 Å². The average Bonchev–Trinajstić information content (AvgIpc) is 3.04. The Morgan fingerprint density at radius 1 is 1.41 bits per heavy atom. The zero-order valence-electron chi connectivity index (χ0n) is 12.3. The smallest absolute Gasteiger partial charge is 0.261 e. The standard InChI is InChI=1S/C16H19N3O3/c20-15(17-8-7-12-4-3-9-22-12)10-19-11-18-14-6-2-1-5-13(14)16(19)21/h1-2,5-6,11-12H,3-4,7-10H2,(H,17,20)/t12-/m1/s1. The van der Waals surface area contributed by atoms with Gasteiger partial charge in [-0.15, -0.1) is 0 Å². The zero-order chi connectivity index (χ0) is 15.4. The maximum absolute atomic E-state index is 12.3. The van der Waals surface area contributed by atoms with Crippen molar-refractivity contribution in [3.05, 3.63) is 40.9 Å². The number of para-hydroxylation sites is 1. The summed E-state index contributed by atoms with van der Waals surface area (Å²) < 4.78 is 6.84. The first-order valence-electron chi connectivity index (χ1n) is 7.56. The minimum absolute atomic E-state index is 0.0117. The lowest BCUT2D eigenvalue weighted by atomic mass is 10.2. The predicted molar refractivity (Wildman–Crippen MR) is 82.6 cm³/mol. The zero-order valence-corrected chi connectivity index (χ0v) is 12.3. The molecule has 0 radical (unpaired) electrons. The van der Waals surface area contributed by atoms with Crippen LogP contribution in [0.4, 0.5) is 0 Å². The van der Waals surface area contributed by atoms with Gasteiger partial charge in [-0.2, -0.15) is 0 Å². The summed E-state index contributed by atoms with van der Waals surface area (Å²) in [6.45, 7) is 1.37. The number of nitrogens with one attached hydrogen (secondary N) is 1. The Kier molecular flexibility index (Phi) is 4.48. The lowest BCUT2D eigenvalue weighted by molar-refractivity contribution is -0.121. The summed E-state index contributed by atoms with van der Waals surface area (Å²) in [4.78, 5) is 28.4. The van der Waals surface area contributed by atoms with Crippen LogP contribution < -0.4 is 10.9 Å². The van der Waals surface area contributed by atoms with Crippen molar-refractivity contribution in [3.8, 4) is 0 Å². The Morgan fingerprint density at radius 3 is 3.09 bits per heavy atom. The highest BCUT2D eigenvalue weighted by atomic mass is 16.5. The normalized spacial score (nSPS) is 17.7. The Morgan fingerprint density at radius 2 is 2.27 bits per heavy atom. The number of amides is 1. The molecule has 1 aromatic heterocycles. The number of ether oxygens (including phenoxy) is 1. The van der Waals surface area contributed by atoms with Crippen LogP contribution in [-0.2, 0) is 16.1 Å². The minimum atomic E-state index is -0.195. The highest BCUT2D eigenvalue weighted by Gasteiger charge is 2.15. The van der Waals surface area contributed by atoms with E-state index in [-0.39, 0.29) is 24.1 Å². The third-order valence-electron chi connectivity index (χ3n) is 3.86. The number of rotatable bonds is 5. The Bertz CT molecular complexity index is 720. The number of hydrogen-bond donors (Lipinski definition) is 1. The van der Waals surface area contributed by atoms with Gasteiger partial charge in [0.25, 0.3) is 5.56 Å². The van der Waals surface area contributed by atoms with Crippen LogP contribution in [0.1, 0.15) is 19.3 Å². The molecule has 22 heavy (non-hydrogen) atoms. The van der Waals surface area contributed by atoms with E-state index in [2.05, 4.69) is 10.3 Å². The molecule has 0 unspecified atom stereocenters. The number of hydrogen-bond acceptors (Lipinski definition) is 4. The second-order valence-electron chi connectivity index (χ2n) is 5.47. The van der Waals surface area contributed by atoms with E-state index in [1.165, 1.54) is 10.9 Å². The number of carbonyl (C=O) groups is 1. The molecule has 6 heteroatoms. The summed E-state index contributed by atoms with van der Waals surface area (Å²) in [5, 5.41) is 3.35. The van der Waals surface area contributed by atoms with Gasteiger partial charge in [0.05, 0.1) is 23.3 Å². The molecular formula is C16H19N3O3. The van der Waals surface area contributed by atoms with E-state index in [9.17, 15) is 9.59 Å². The van der Waals surface area contributed by atoms with E-state index in [1.807, 2.05) is 6.07 Å². The van der Waals surface area contributed by atoms with Crippen LogP contribution in [0, 0.1) is 0 Å². The van der Waals surface area contributed by atoms with Gasteiger partial charge in [-0.1, -0.05) is 12.1 Å². The fraction of sp³-hybridized carbons (Fsp3) is 0.438. The van der Waals surface area contributed by atoms with Gasteiger partial charge < -0.3 is 10.1 Å². The number of fused-ring (bicyclic) bond motifs is 1. The van der Waals surface area contributed by atoms with Crippen molar-refractivity contribution in [3.63, 3.8) is 0 Å². The molecule has 1 N–H and O–H groups in total. The first-order valence-corrected chi connectivity index (χ1v) is 7.56. The molecule has 0 spiro atoms. The van der Waals surface area contributed by atoms with E-state index in [0.29, 0.717) is 17.4 Å². The van der Waals surface area contributed by atoms with Gasteiger partial charge in [-0.3, -0.25) is 14.2 Å². The van der Waals surface area contributed by atoms with Crippen molar-refractivity contribution in [2.24, 2.45) is 0 Å². The van der Waals surface area contributed by atoms with E-state index >= 15 is 0 Å². The minimum Gasteiger partial charge on any atom is -0.378 e. The first-order chi connectivity index (χ1) is 10.7. The molecule has 0 saturated carbocycles. The van der Waals surface area contributed by atoms with Crippen molar-refractivity contribution in [2.75, 3.05) is 13.2 Å². The fourth-order valence-corrected chi connectivity index (χ4v) is 2.67. The molecule has 2 aromatic rings. The number of carbonyl (C=O) groups excluding carboxylic acids is 1.